The van der Waals surface area contributed by atoms with E-state index >= 15 is 0 Å². The van der Waals surface area contributed by atoms with Gasteiger partial charge >= 0.3 is 0 Å². The predicted molar refractivity (Wildman–Crippen MR) is 226 cm³/mol. The van der Waals surface area contributed by atoms with Crippen LogP contribution in [0.15, 0.2) is 162 Å². The lowest BCUT2D eigenvalue weighted by molar-refractivity contribution is -0.275. The maximum Gasteiger partial charge on any atom is 0.122 e. The highest BCUT2D eigenvalue weighted by atomic mass is 79.9. The number of ether oxygens (including phenoxy) is 6. The summed E-state index contributed by atoms with van der Waals surface area (Å²) < 4.78 is 41.5. The zero-order valence-corrected chi connectivity index (χ0v) is 33.7. The highest BCUT2D eigenvalue weighted by molar-refractivity contribution is 9.10. The molecule has 8 rings (SSSR count). The summed E-state index contributed by atoms with van der Waals surface area (Å²) in [6, 6.07) is 54.1. The molecule has 292 valence electrons. The van der Waals surface area contributed by atoms with Crippen molar-refractivity contribution in [1.82, 2.24) is 0 Å². The number of hydrogen-bond donors (Lipinski definition) is 0. The fourth-order valence-corrected chi connectivity index (χ4v) is 8.10. The van der Waals surface area contributed by atoms with Gasteiger partial charge in [-0.05, 0) is 75.9 Å². The summed E-state index contributed by atoms with van der Waals surface area (Å²) in [6.07, 6.45) is 0.349. The maximum absolute atomic E-state index is 7.23. The molecular weight excluding hydrogens is 776 g/mol. The smallest absolute Gasteiger partial charge is 0.122 e. The second-order valence-corrected chi connectivity index (χ2v) is 15.7. The summed E-state index contributed by atoms with van der Waals surface area (Å²) in [5, 5.41) is 0. The first kappa shape index (κ1) is 39.2. The largest absolute Gasteiger partial charge is 0.493 e. The monoisotopic (exact) mass is 824 g/mol. The van der Waals surface area contributed by atoms with Crippen molar-refractivity contribution in [3.8, 4) is 5.75 Å². The molecule has 0 N–H and O–H groups in total. The highest BCUT2D eigenvalue weighted by Crippen LogP contribution is 2.40. The topological polar surface area (TPSA) is 55.4 Å². The molecule has 57 heavy (non-hydrogen) atoms. The molecule has 0 spiro atoms. The first-order valence-electron chi connectivity index (χ1n) is 19.9. The van der Waals surface area contributed by atoms with Crippen molar-refractivity contribution in [3.05, 3.63) is 207 Å². The van der Waals surface area contributed by atoms with Crippen LogP contribution in [0.4, 0.5) is 0 Å². The van der Waals surface area contributed by atoms with Crippen molar-refractivity contribution in [2.75, 3.05) is 13.2 Å². The second-order valence-electron chi connectivity index (χ2n) is 14.8. The Labute approximate surface area is 344 Å². The normalized spacial score (nSPS) is 20.4. The quantitative estimate of drug-likeness (QED) is 0.0969. The standard InChI is InChI=1S/C50H49BrO6/c51-44-25-24-42(30-43(44)29-40-23-26-45-41(28-40)22-13-27-53-45)47-49(55-33-38-18-9-3-10-19-38)50(56-34-39-20-11-4-12-21-39)48(54-32-37-16-7-2-8-17-37)46(57-47)35-52-31-36-14-5-1-6-15-36/h1-12,14-21,23-26,28,30,46-50H,13,22,27,29,31-35H2/t46-,47+,48-,49+,50+/m1/s1. The Morgan fingerprint density at radius 1 is 0.544 bits per heavy atom. The van der Waals surface area contributed by atoms with Crippen LogP contribution in [0.5, 0.6) is 5.75 Å². The lowest BCUT2D eigenvalue weighted by Crippen LogP contribution is -2.58. The molecule has 0 unspecified atom stereocenters. The van der Waals surface area contributed by atoms with Crippen LogP contribution in [0.1, 0.15) is 57.0 Å². The van der Waals surface area contributed by atoms with Gasteiger partial charge in [-0.2, -0.15) is 0 Å². The Kier molecular flexibility index (Phi) is 13.6. The van der Waals surface area contributed by atoms with Gasteiger partial charge in [0.25, 0.3) is 0 Å². The Hall–Kier alpha value is -4.60. The first-order valence-corrected chi connectivity index (χ1v) is 20.7. The molecule has 7 heteroatoms. The maximum atomic E-state index is 7.23. The molecule has 0 radical (unpaired) electrons. The third kappa shape index (κ3) is 10.5. The minimum Gasteiger partial charge on any atom is -0.493 e. The molecule has 2 aliphatic heterocycles. The third-order valence-corrected chi connectivity index (χ3v) is 11.4. The van der Waals surface area contributed by atoms with Crippen molar-refractivity contribution in [2.24, 2.45) is 0 Å². The Morgan fingerprint density at radius 3 is 1.72 bits per heavy atom. The summed E-state index contributed by atoms with van der Waals surface area (Å²) in [4.78, 5) is 0. The fourth-order valence-electron chi connectivity index (χ4n) is 7.71. The molecule has 2 aliphatic rings. The Balaban J connectivity index is 1.15. The van der Waals surface area contributed by atoms with Gasteiger partial charge in [-0.1, -0.05) is 162 Å². The van der Waals surface area contributed by atoms with E-state index in [1.54, 1.807) is 0 Å². The first-order chi connectivity index (χ1) is 28.2. The van der Waals surface area contributed by atoms with Crippen LogP contribution in [0.25, 0.3) is 0 Å². The van der Waals surface area contributed by atoms with Gasteiger partial charge in [-0.25, -0.2) is 0 Å². The van der Waals surface area contributed by atoms with E-state index in [-0.39, 0.29) is 0 Å². The number of aryl methyl sites for hydroxylation is 1. The molecule has 0 saturated carbocycles. The van der Waals surface area contributed by atoms with E-state index in [0.29, 0.717) is 33.0 Å². The van der Waals surface area contributed by atoms with Gasteiger partial charge in [-0.15, -0.1) is 0 Å². The predicted octanol–water partition coefficient (Wildman–Crippen LogP) is 10.8. The molecule has 6 aromatic rings. The van der Waals surface area contributed by atoms with Crippen molar-refractivity contribution in [2.45, 2.75) is 76.2 Å². The number of halogens is 1. The minimum absolute atomic E-state index is 0.308. The van der Waals surface area contributed by atoms with Crippen molar-refractivity contribution in [3.63, 3.8) is 0 Å². The van der Waals surface area contributed by atoms with Crippen LogP contribution >= 0.6 is 15.9 Å². The molecule has 0 aliphatic carbocycles. The zero-order valence-electron chi connectivity index (χ0n) is 32.1. The number of fused-ring (bicyclic) bond motifs is 1. The molecule has 0 bridgehead atoms. The van der Waals surface area contributed by atoms with Crippen LogP contribution in [0.3, 0.4) is 0 Å². The van der Waals surface area contributed by atoms with E-state index in [1.807, 2.05) is 72.8 Å². The van der Waals surface area contributed by atoms with Gasteiger partial charge in [-0.3, -0.25) is 0 Å². The number of rotatable bonds is 16. The SMILES string of the molecule is Brc1ccc([C@@H]2O[C@H](COCc3ccccc3)[C@@H](OCc3ccccc3)[C@H](OCc3ccccc3)[C@H]2OCc2ccccc2)cc1Cc1ccc2c(c1)CCCO2. The average Bonchev–Trinajstić information content (AvgIpc) is 3.26. The Morgan fingerprint density at radius 2 is 1.11 bits per heavy atom. The summed E-state index contributed by atoms with van der Waals surface area (Å²) in [7, 11) is 0. The van der Waals surface area contributed by atoms with E-state index in [9.17, 15) is 0 Å². The van der Waals surface area contributed by atoms with Crippen LogP contribution in [0.2, 0.25) is 0 Å². The molecule has 0 amide bonds. The lowest BCUT2D eigenvalue weighted by Gasteiger charge is -2.46. The van der Waals surface area contributed by atoms with Crippen molar-refractivity contribution >= 4 is 15.9 Å². The molecule has 2 heterocycles. The highest BCUT2D eigenvalue weighted by Gasteiger charge is 2.49. The van der Waals surface area contributed by atoms with E-state index in [1.165, 1.54) is 11.1 Å². The van der Waals surface area contributed by atoms with Gasteiger partial charge in [0.1, 0.15) is 36.3 Å². The van der Waals surface area contributed by atoms with Crippen molar-refractivity contribution in [1.29, 1.82) is 0 Å². The van der Waals surface area contributed by atoms with Gasteiger partial charge in [0.2, 0.25) is 0 Å². The lowest BCUT2D eigenvalue weighted by atomic mass is 9.89. The van der Waals surface area contributed by atoms with Gasteiger partial charge < -0.3 is 28.4 Å². The van der Waals surface area contributed by atoms with Gasteiger partial charge in [0, 0.05) is 4.47 Å². The summed E-state index contributed by atoms with van der Waals surface area (Å²) in [5.41, 5.74) is 8.99. The third-order valence-electron chi connectivity index (χ3n) is 10.6. The molecule has 1 saturated heterocycles. The van der Waals surface area contributed by atoms with Crippen LogP contribution in [0, 0.1) is 0 Å². The zero-order chi connectivity index (χ0) is 38.7. The molecule has 5 atom stereocenters. The van der Waals surface area contributed by atoms with Crippen LogP contribution < -0.4 is 4.74 Å². The van der Waals surface area contributed by atoms with Gasteiger partial charge in [0.15, 0.2) is 0 Å². The molecule has 6 aromatic carbocycles. The van der Waals surface area contributed by atoms with E-state index in [4.69, 9.17) is 28.4 Å². The second kappa shape index (κ2) is 19.7. The van der Waals surface area contributed by atoms with Crippen LogP contribution in [-0.2, 0) is 63.0 Å². The molecule has 6 nitrogen and oxygen atoms in total. The number of hydrogen-bond acceptors (Lipinski definition) is 6. The molecule has 0 aromatic heterocycles. The summed E-state index contributed by atoms with van der Waals surface area (Å²) in [5.74, 6) is 0.998. The fraction of sp³-hybridized carbons (Fsp3) is 0.280. The summed E-state index contributed by atoms with van der Waals surface area (Å²) in [6.45, 7) is 2.70. The van der Waals surface area contributed by atoms with Crippen LogP contribution in [-0.4, -0.2) is 37.6 Å². The van der Waals surface area contributed by atoms with Gasteiger partial charge in [0.05, 0.1) is 39.6 Å². The van der Waals surface area contributed by atoms with Crippen molar-refractivity contribution < 1.29 is 28.4 Å². The van der Waals surface area contributed by atoms with E-state index in [2.05, 4.69) is 101 Å². The minimum atomic E-state index is -0.519. The average molecular weight is 826 g/mol. The Bertz CT molecular complexity index is 2130. The summed E-state index contributed by atoms with van der Waals surface area (Å²) >= 11 is 3.88. The van der Waals surface area contributed by atoms with E-state index < -0.39 is 30.5 Å². The van der Waals surface area contributed by atoms with E-state index in [0.717, 1.165) is 69.5 Å². The molecular formula is C50H49BrO6. The molecule has 1 fully saturated rings. The number of benzene rings is 6.